The van der Waals surface area contributed by atoms with E-state index in [-0.39, 0.29) is 22.8 Å². The number of rotatable bonds is 7. The van der Waals surface area contributed by atoms with Crippen LogP contribution in [0.4, 0.5) is 5.69 Å². The molecule has 2 aromatic carbocycles. The SMILES string of the molecule is CC(C)C(NC(=O)c1cc(S(=O)(=O)N(C)C)ccc1N1CCCC1)c1nc2ccccc2[nH]1. The zero-order valence-corrected chi connectivity index (χ0v) is 20.3. The molecule has 4 rings (SSSR count). The predicted molar refractivity (Wildman–Crippen MR) is 130 cm³/mol. The van der Waals surface area contributed by atoms with Crippen LogP contribution >= 0.6 is 0 Å². The number of H-pyrrole nitrogens is 1. The van der Waals surface area contributed by atoms with Gasteiger partial charge in [-0.25, -0.2) is 17.7 Å². The summed E-state index contributed by atoms with van der Waals surface area (Å²) in [5, 5.41) is 3.11. The molecular weight excluding hydrogens is 438 g/mol. The Morgan fingerprint density at radius 3 is 2.45 bits per heavy atom. The van der Waals surface area contributed by atoms with Crippen molar-refractivity contribution in [2.45, 2.75) is 37.6 Å². The number of carbonyl (C=O) groups is 1. The number of anilines is 1. The van der Waals surface area contributed by atoms with Crippen molar-refractivity contribution in [3.8, 4) is 0 Å². The molecule has 1 saturated heterocycles. The summed E-state index contributed by atoms with van der Waals surface area (Å²) < 4.78 is 26.7. The van der Waals surface area contributed by atoms with Gasteiger partial charge in [0.05, 0.1) is 27.5 Å². The van der Waals surface area contributed by atoms with Crippen LogP contribution in [-0.2, 0) is 10.0 Å². The van der Waals surface area contributed by atoms with Crippen LogP contribution in [0.2, 0.25) is 0 Å². The maximum Gasteiger partial charge on any atom is 0.254 e. The number of hydrogen-bond donors (Lipinski definition) is 2. The molecule has 1 unspecified atom stereocenters. The Kier molecular flexibility index (Phi) is 6.45. The lowest BCUT2D eigenvalue weighted by atomic mass is 10.0. The summed E-state index contributed by atoms with van der Waals surface area (Å²) in [6, 6.07) is 12.2. The summed E-state index contributed by atoms with van der Waals surface area (Å²) in [5.74, 6) is 0.435. The molecule has 1 aliphatic rings. The lowest BCUT2D eigenvalue weighted by Crippen LogP contribution is -2.34. The molecule has 2 heterocycles. The number of amides is 1. The monoisotopic (exact) mass is 469 g/mol. The number of aromatic nitrogens is 2. The van der Waals surface area contributed by atoms with Gasteiger partial charge < -0.3 is 15.2 Å². The van der Waals surface area contributed by atoms with Crippen molar-refractivity contribution in [3.05, 3.63) is 53.9 Å². The second kappa shape index (κ2) is 9.15. The van der Waals surface area contributed by atoms with Crippen LogP contribution in [0.15, 0.2) is 47.4 Å². The Morgan fingerprint density at radius 1 is 1.12 bits per heavy atom. The van der Waals surface area contributed by atoms with Crippen LogP contribution in [0.5, 0.6) is 0 Å². The molecule has 0 saturated carbocycles. The number of hydrogen-bond acceptors (Lipinski definition) is 5. The first kappa shape index (κ1) is 23.3. The van der Waals surface area contributed by atoms with Gasteiger partial charge in [-0.05, 0) is 49.1 Å². The third-order valence-electron chi connectivity index (χ3n) is 6.09. The molecule has 1 fully saturated rings. The average molecular weight is 470 g/mol. The van der Waals surface area contributed by atoms with Crippen LogP contribution in [-0.4, -0.2) is 55.8 Å². The summed E-state index contributed by atoms with van der Waals surface area (Å²) in [4.78, 5) is 23.8. The molecular formula is C24H31N5O3S. The van der Waals surface area contributed by atoms with E-state index >= 15 is 0 Å². The molecule has 1 aliphatic heterocycles. The highest BCUT2D eigenvalue weighted by Gasteiger charge is 2.28. The van der Waals surface area contributed by atoms with E-state index < -0.39 is 10.0 Å². The van der Waals surface area contributed by atoms with Crippen molar-refractivity contribution in [2.75, 3.05) is 32.1 Å². The first-order valence-electron chi connectivity index (χ1n) is 11.3. The largest absolute Gasteiger partial charge is 0.371 e. The molecule has 2 N–H and O–H groups in total. The van der Waals surface area contributed by atoms with Gasteiger partial charge in [-0.3, -0.25) is 4.79 Å². The summed E-state index contributed by atoms with van der Waals surface area (Å²) in [5.41, 5.74) is 2.87. The van der Waals surface area contributed by atoms with Crippen LogP contribution in [0.3, 0.4) is 0 Å². The van der Waals surface area contributed by atoms with Crippen molar-refractivity contribution < 1.29 is 13.2 Å². The predicted octanol–water partition coefficient (Wildman–Crippen LogP) is 3.54. The Bertz CT molecular complexity index is 1230. The number of nitrogens with one attached hydrogen (secondary N) is 2. The number of para-hydroxylation sites is 2. The van der Waals surface area contributed by atoms with E-state index in [0.717, 1.165) is 47.0 Å². The molecule has 1 atom stereocenters. The van der Waals surface area contributed by atoms with Gasteiger partial charge in [0.25, 0.3) is 5.91 Å². The van der Waals surface area contributed by atoms with E-state index in [0.29, 0.717) is 11.4 Å². The molecule has 1 amide bonds. The Balaban J connectivity index is 1.72. The second-order valence-corrected chi connectivity index (χ2v) is 11.1. The molecule has 1 aromatic heterocycles. The first-order chi connectivity index (χ1) is 15.7. The number of aromatic amines is 1. The Morgan fingerprint density at radius 2 is 1.82 bits per heavy atom. The molecule has 0 bridgehead atoms. The third-order valence-corrected chi connectivity index (χ3v) is 7.90. The van der Waals surface area contributed by atoms with E-state index in [1.807, 2.05) is 38.1 Å². The highest BCUT2D eigenvalue weighted by Crippen LogP contribution is 2.30. The lowest BCUT2D eigenvalue weighted by Gasteiger charge is -2.25. The van der Waals surface area contributed by atoms with E-state index in [1.54, 1.807) is 12.1 Å². The minimum absolute atomic E-state index is 0.0680. The quantitative estimate of drug-likeness (QED) is 0.552. The zero-order chi connectivity index (χ0) is 23.8. The van der Waals surface area contributed by atoms with Gasteiger partial charge >= 0.3 is 0 Å². The average Bonchev–Trinajstić information content (AvgIpc) is 3.46. The van der Waals surface area contributed by atoms with Gasteiger partial charge in [0.15, 0.2) is 0 Å². The minimum atomic E-state index is -3.67. The standard InChI is InChI=1S/C24H31N5O3S/c1-16(2)22(23-25-19-9-5-6-10-20(19)26-23)27-24(30)18-15-17(33(31,32)28(3)4)11-12-21(18)29-13-7-8-14-29/h5-6,9-12,15-16,22H,7-8,13-14H2,1-4H3,(H,25,26)(H,27,30). The van der Waals surface area contributed by atoms with Gasteiger partial charge in [-0.2, -0.15) is 0 Å². The zero-order valence-electron chi connectivity index (χ0n) is 19.5. The molecule has 0 radical (unpaired) electrons. The fourth-order valence-corrected chi connectivity index (χ4v) is 5.12. The van der Waals surface area contributed by atoms with Crippen LogP contribution < -0.4 is 10.2 Å². The van der Waals surface area contributed by atoms with E-state index in [1.165, 1.54) is 20.2 Å². The van der Waals surface area contributed by atoms with Gasteiger partial charge in [0.2, 0.25) is 10.0 Å². The normalized spacial score (nSPS) is 15.5. The van der Waals surface area contributed by atoms with Crippen LogP contribution in [0.25, 0.3) is 11.0 Å². The maximum absolute atomic E-state index is 13.6. The van der Waals surface area contributed by atoms with Crippen LogP contribution in [0, 0.1) is 5.92 Å². The first-order valence-corrected chi connectivity index (χ1v) is 12.7. The number of carbonyl (C=O) groups excluding carboxylic acids is 1. The third kappa shape index (κ3) is 4.60. The van der Waals surface area contributed by atoms with Gasteiger partial charge in [0.1, 0.15) is 5.82 Å². The number of sulfonamides is 1. The van der Waals surface area contributed by atoms with Crippen molar-refractivity contribution in [3.63, 3.8) is 0 Å². The smallest absolute Gasteiger partial charge is 0.254 e. The molecule has 9 heteroatoms. The minimum Gasteiger partial charge on any atom is -0.371 e. The number of fused-ring (bicyclic) bond motifs is 1. The Hall–Kier alpha value is -2.91. The van der Waals surface area contributed by atoms with E-state index in [4.69, 9.17) is 0 Å². The van der Waals surface area contributed by atoms with Crippen molar-refractivity contribution in [1.82, 2.24) is 19.6 Å². The highest BCUT2D eigenvalue weighted by atomic mass is 32.2. The van der Waals surface area contributed by atoms with Gasteiger partial charge in [-0.1, -0.05) is 26.0 Å². The topological polar surface area (TPSA) is 98.4 Å². The maximum atomic E-state index is 13.6. The summed E-state index contributed by atoms with van der Waals surface area (Å²) in [6.07, 6.45) is 2.10. The molecule has 3 aromatic rings. The van der Waals surface area contributed by atoms with Crippen molar-refractivity contribution >= 4 is 32.7 Å². The Labute approximate surface area is 195 Å². The lowest BCUT2D eigenvalue weighted by molar-refractivity contribution is 0.0923. The van der Waals surface area contributed by atoms with Gasteiger partial charge in [-0.15, -0.1) is 0 Å². The molecule has 176 valence electrons. The molecule has 8 nitrogen and oxygen atoms in total. The van der Waals surface area contributed by atoms with Crippen molar-refractivity contribution in [1.29, 1.82) is 0 Å². The second-order valence-electron chi connectivity index (χ2n) is 8.99. The highest BCUT2D eigenvalue weighted by molar-refractivity contribution is 7.89. The molecule has 33 heavy (non-hydrogen) atoms. The summed E-state index contributed by atoms with van der Waals surface area (Å²) in [7, 11) is -0.699. The van der Waals surface area contributed by atoms with Crippen LogP contribution in [0.1, 0.15) is 48.9 Å². The fraction of sp³-hybridized carbons (Fsp3) is 0.417. The van der Waals surface area contributed by atoms with Crippen molar-refractivity contribution in [2.24, 2.45) is 5.92 Å². The van der Waals surface area contributed by atoms with Gasteiger partial charge in [0, 0.05) is 32.9 Å². The molecule has 0 aliphatic carbocycles. The number of imidazole rings is 1. The van der Waals surface area contributed by atoms with E-state index in [2.05, 4.69) is 20.2 Å². The molecule has 0 spiro atoms. The summed E-state index contributed by atoms with van der Waals surface area (Å²) in [6.45, 7) is 5.73. The van der Waals surface area contributed by atoms with E-state index in [9.17, 15) is 13.2 Å². The number of benzene rings is 2. The number of nitrogens with zero attached hydrogens (tertiary/aromatic N) is 3. The summed E-state index contributed by atoms with van der Waals surface area (Å²) >= 11 is 0. The fourth-order valence-electron chi connectivity index (χ4n) is 4.19.